The van der Waals surface area contributed by atoms with Crippen molar-refractivity contribution in [3.05, 3.63) is 76.2 Å². The van der Waals surface area contributed by atoms with Crippen molar-refractivity contribution in [3.8, 4) is 16.9 Å². The van der Waals surface area contributed by atoms with Crippen LogP contribution in [-0.4, -0.2) is 19.7 Å². The van der Waals surface area contributed by atoms with Gasteiger partial charge in [-0.3, -0.25) is 0 Å². The largest absolute Gasteiger partial charge is 0.497 e. The Hall–Kier alpha value is -3.34. The van der Waals surface area contributed by atoms with Crippen LogP contribution >= 0.6 is 0 Å². The van der Waals surface area contributed by atoms with Gasteiger partial charge in [-0.05, 0) is 55.5 Å². The first-order chi connectivity index (χ1) is 14.3. The minimum atomic E-state index is -0.407. The molecule has 0 aliphatic rings. The van der Waals surface area contributed by atoms with Gasteiger partial charge in [0.2, 0.25) is 0 Å². The van der Waals surface area contributed by atoms with E-state index >= 15 is 0 Å². The Morgan fingerprint density at radius 3 is 2.57 bits per heavy atom. The highest BCUT2D eigenvalue weighted by molar-refractivity contribution is 5.86. The summed E-state index contributed by atoms with van der Waals surface area (Å²) in [5.41, 5.74) is 1.71. The predicted molar refractivity (Wildman–Crippen MR) is 120 cm³/mol. The van der Waals surface area contributed by atoms with Gasteiger partial charge < -0.3 is 13.9 Å². The molecule has 0 saturated heterocycles. The number of esters is 1. The summed E-state index contributed by atoms with van der Waals surface area (Å²) in [4.78, 5) is 24.0. The second kappa shape index (κ2) is 11.0. The van der Waals surface area contributed by atoms with Crippen LogP contribution in [0.5, 0.6) is 5.75 Å². The van der Waals surface area contributed by atoms with E-state index in [1.807, 2.05) is 37.3 Å². The van der Waals surface area contributed by atoms with E-state index in [1.54, 1.807) is 32.2 Å². The molecule has 1 heterocycles. The molecule has 0 amide bonds. The van der Waals surface area contributed by atoms with E-state index in [-0.39, 0.29) is 11.9 Å². The predicted octanol–water partition coefficient (Wildman–Crippen LogP) is 3.60. The first-order valence-electron chi connectivity index (χ1n) is 9.81. The summed E-state index contributed by atoms with van der Waals surface area (Å²) in [6.07, 6.45) is 6.86. The van der Waals surface area contributed by atoms with Crippen molar-refractivity contribution in [2.75, 3.05) is 13.7 Å². The number of rotatable bonds is 9. The molecule has 1 unspecified atom stereocenters. The standard InChI is InChI=1S/C25H28O5/c1-6-8-20-16-22(19-10-12-21(28-5)13-11-19)25(27)30-23(20)15-18(4)9-7-14-29-24(26)17(2)3/h6,8,10-13,15-16,18H,1-2,7,9,14H2,3-5H3/b20-8-,23-15+. The van der Waals surface area contributed by atoms with Gasteiger partial charge in [0.05, 0.1) is 19.3 Å². The van der Waals surface area contributed by atoms with Crippen LogP contribution in [0.1, 0.15) is 26.7 Å². The zero-order chi connectivity index (χ0) is 22.1. The lowest BCUT2D eigenvalue weighted by molar-refractivity contribution is -0.139. The van der Waals surface area contributed by atoms with Gasteiger partial charge in [-0.1, -0.05) is 44.4 Å². The number of methoxy groups -OCH3 is 1. The number of hydrogen-bond donors (Lipinski definition) is 0. The quantitative estimate of drug-likeness (QED) is 0.360. The maximum Gasteiger partial charge on any atom is 0.344 e. The number of carbonyl (C=O) groups is 1. The van der Waals surface area contributed by atoms with Crippen LogP contribution < -0.4 is 21.0 Å². The van der Waals surface area contributed by atoms with E-state index in [0.717, 1.165) is 17.2 Å². The first-order valence-corrected chi connectivity index (χ1v) is 9.81. The second-order valence-electron chi connectivity index (χ2n) is 7.10. The highest BCUT2D eigenvalue weighted by Crippen LogP contribution is 2.18. The van der Waals surface area contributed by atoms with Crippen molar-refractivity contribution in [2.24, 2.45) is 5.92 Å². The molecule has 5 nitrogen and oxygen atoms in total. The van der Waals surface area contributed by atoms with E-state index in [1.165, 1.54) is 0 Å². The van der Waals surface area contributed by atoms with Gasteiger partial charge in [0, 0.05) is 10.8 Å². The highest BCUT2D eigenvalue weighted by Gasteiger charge is 2.08. The van der Waals surface area contributed by atoms with Crippen molar-refractivity contribution in [1.82, 2.24) is 0 Å². The fraction of sp³-hybridized carbons (Fsp3) is 0.280. The maximum atomic E-state index is 12.6. The monoisotopic (exact) mass is 408 g/mol. The fourth-order valence-corrected chi connectivity index (χ4v) is 2.89. The molecule has 0 spiro atoms. The summed E-state index contributed by atoms with van der Waals surface area (Å²) in [6.45, 7) is 11.3. The van der Waals surface area contributed by atoms with Crippen molar-refractivity contribution in [3.63, 3.8) is 0 Å². The molecule has 0 aliphatic carbocycles. The SMILES string of the molecule is C=C/C=c1/cc(-c2ccc(OC)cc2)c(=O)o/c1=C/C(C)CCCOC(=O)C(=C)C. The fourth-order valence-electron chi connectivity index (χ4n) is 2.89. The molecule has 5 heteroatoms. The van der Waals surface area contributed by atoms with Crippen molar-refractivity contribution in [1.29, 1.82) is 0 Å². The van der Waals surface area contributed by atoms with Gasteiger partial charge in [-0.25, -0.2) is 9.59 Å². The third kappa shape index (κ3) is 6.34. The molecule has 2 aromatic rings. The third-order valence-electron chi connectivity index (χ3n) is 4.53. The van der Waals surface area contributed by atoms with Crippen LogP contribution in [0.25, 0.3) is 23.3 Å². The average Bonchev–Trinajstić information content (AvgIpc) is 2.73. The number of benzene rings is 1. The lowest BCUT2D eigenvalue weighted by Crippen LogP contribution is -2.30. The number of carbonyl (C=O) groups excluding carboxylic acids is 1. The van der Waals surface area contributed by atoms with Gasteiger partial charge >= 0.3 is 11.6 Å². The van der Waals surface area contributed by atoms with E-state index in [0.29, 0.717) is 35.3 Å². The van der Waals surface area contributed by atoms with Crippen LogP contribution in [0.15, 0.2) is 64.4 Å². The summed E-state index contributed by atoms with van der Waals surface area (Å²) in [7, 11) is 1.59. The Kier molecular flexibility index (Phi) is 8.41. The average molecular weight is 408 g/mol. The summed E-state index contributed by atoms with van der Waals surface area (Å²) >= 11 is 0. The van der Waals surface area contributed by atoms with E-state index in [4.69, 9.17) is 13.9 Å². The van der Waals surface area contributed by atoms with E-state index < -0.39 is 5.63 Å². The molecule has 0 saturated carbocycles. The van der Waals surface area contributed by atoms with Gasteiger partial charge in [-0.2, -0.15) is 0 Å². The minimum Gasteiger partial charge on any atom is -0.497 e. The number of allylic oxidation sites excluding steroid dienone is 1. The zero-order valence-electron chi connectivity index (χ0n) is 17.8. The summed E-state index contributed by atoms with van der Waals surface area (Å²) in [5, 5.41) is 0.774. The third-order valence-corrected chi connectivity index (χ3v) is 4.53. The van der Waals surface area contributed by atoms with Gasteiger partial charge in [0.25, 0.3) is 0 Å². The Bertz CT molecular complexity index is 1070. The molecular weight excluding hydrogens is 380 g/mol. The van der Waals surface area contributed by atoms with Gasteiger partial charge in [0.15, 0.2) is 0 Å². The van der Waals surface area contributed by atoms with Gasteiger partial charge in [-0.15, -0.1) is 0 Å². The van der Waals surface area contributed by atoms with Crippen LogP contribution in [0, 0.1) is 5.92 Å². The highest BCUT2D eigenvalue weighted by atomic mass is 16.5. The Morgan fingerprint density at radius 2 is 1.97 bits per heavy atom. The summed E-state index contributed by atoms with van der Waals surface area (Å²) in [5.74, 6) is 0.462. The molecule has 0 N–H and O–H groups in total. The van der Waals surface area contributed by atoms with E-state index in [9.17, 15) is 9.59 Å². The zero-order valence-corrected chi connectivity index (χ0v) is 17.8. The molecule has 2 rings (SSSR count). The Labute approximate surface area is 176 Å². The van der Waals surface area contributed by atoms with Crippen molar-refractivity contribution >= 4 is 18.1 Å². The molecule has 0 bridgehead atoms. The Morgan fingerprint density at radius 1 is 1.27 bits per heavy atom. The molecule has 158 valence electrons. The summed E-state index contributed by atoms with van der Waals surface area (Å²) < 4.78 is 15.9. The molecule has 30 heavy (non-hydrogen) atoms. The second-order valence-corrected chi connectivity index (χ2v) is 7.10. The van der Waals surface area contributed by atoms with Crippen molar-refractivity contribution in [2.45, 2.75) is 26.7 Å². The lowest BCUT2D eigenvalue weighted by Gasteiger charge is -2.07. The van der Waals surface area contributed by atoms with Crippen LogP contribution in [0.2, 0.25) is 0 Å². The summed E-state index contributed by atoms with van der Waals surface area (Å²) in [6, 6.07) is 9.05. The van der Waals surface area contributed by atoms with Crippen LogP contribution in [0.3, 0.4) is 0 Å². The molecule has 0 radical (unpaired) electrons. The molecule has 1 aromatic carbocycles. The normalized spacial score (nSPS) is 13.0. The van der Waals surface area contributed by atoms with Crippen LogP contribution in [-0.2, 0) is 9.53 Å². The molecule has 1 atom stereocenters. The topological polar surface area (TPSA) is 65.7 Å². The molecular formula is C25H28O5. The molecule has 0 fully saturated rings. The maximum absolute atomic E-state index is 12.6. The molecule has 0 aliphatic heterocycles. The van der Waals surface area contributed by atoms with Crippen LogP contribution in [0.4, 0.5) is 0 Å². The number of ether oxygens (including phenoxy) is 2. The smallest absolute Gasteiger partial charge is 0.344 e. The van der Waals surface area contributed by atoms with E-state index in [2.05, 4.69) is 13.2 Å². The lowest BCUT2D eigenvalue weighted by atomic mass is 10.0. The minimum absolute atomic E-state index is 0.125. The molecule has 1 aromatic heterocycles. The van der Waals surface area contributed by atoms with Gasteiger partial charge in [0.1, 0.15) is 11.2 Å². The van der Waals surface area contributed by atoms with Crippen molar-refractivity contribution < 1.29 is 18.7 Å². The number of hydrogen-bond acceptors (Lipinski definition) is 5. The first kappa shape index (κ1) is 22.9. The Balaban J connectivity index is 2.25.